The molecule has 0 fully saturated rings. The minimum atomic E-state index is -0.178. The lowest BCUT2D eigenvalue weighted by atomic mass is 10.1. The number of carbonyl (C=O) groups excluding carboxylic acids is 1. The Balaban J connectivity index is 2.32. The molecule has 0 saturated heterocycles. The summed E-state index contributed by atoms with van der Waals surface area (Å²) >= 11 is 0. The van der Waals surface area contributed by atoms with Gasteiger partial charge in [-0.25, -0.2) is 0 Å². The molecule has 0 aliphatic rings. The quantitative estimate of drug-likeness (QED) is 0.920. The molecule has 0 aliphatic carbocycles. The number of nitrogens with zero attached hydrogens (tertiary/aromatic N) is 1. The number of ether oxygens (including phenoxy) is 1. The minimum absolute atomic E-state index is 0.178. The van der Waals surface area contributed by atoms with Crippen LogP contribution in [0.1, 0.15) is 27.3 Å². The van der Waals surface area contributed by atoms with Gasteiger partial charge in [-0.3, -0.25) is 14.9 Å². The van der Waals surface area contributed by atoms with Crippen LogP contribution < -0.4 is 10.2 Å². The minimum Gasteiger partial charge on any atom is -0.496 e. The van der Waals surface area contributed by atoms with Crippen LogP contribution in [-0.2, 0) is 0 Å². The van der Waals surface area contributed by atoms with E-state index >= 15 is 0 Å². The van der Waals surface area contributed by atoms with Gasteiger partial charge in [0.2, 0.25) is 0 Å². The van der Waals surface area contributed by atoms with Crippen molar-refractivity contribution in [1.29, 1.82) is 0 Å². The molecule has 0 saturated carbocycles. The fourth-order valence-electron chi connectivity index (χ4n) is 2.01. The van der Waals surface area contributed by atoms with Gasteiger partial charge < -0.3 is 4.74 Å². The normalized spacial score (nSPS) is 10.3. The SMILES string of the molecule is COc1ccc(C)cc1C(=O)Nn1c(C)ccc1C. The highest BCUT2D eigenvalue weighted by molar-refractivity contribution is 6.02. The zero-order valence-electron chi connectivity index (χ0n) is 11.7. The number of benzene rings is 1. The van der Waals surface area contributed by atoms with Crippen molar-refractivity contribution in [1.82, 2.24) is 4.68 Å². The third kappa shape index (κ3) is 2.62. The lowest BCUT2D eigenvalue weighted by Crippen LogP contribution is -2.25. The molecule has 4 heteroatoms. The monoisotopic (exact) mass is 258 g/mol. The molecule has 1 N–H and O–H groups in total. The van der Waals surface area contributed by atoms with Gasteiger partial charge in [0.25, 0.3) is 5.91 Å². The Labute approximate surface area is 113 Å². The molecule has 1 amide bonds. The molecular weight excluding hydrogens is 240 g/mol. The number of hydrogen-bond acceptors (Lipinski definition) is 2. The van der Waals surface area contributed by atoms with Crippen LogP contribution in [0.3, 0.4) is 0 Å². The molecule has 2 rings (SSSR count). The second kappa shape index (κ2) is 5.18. The van der Waals surface area contributed by atoms with E-state index in [4.69, 9.17) is 4.74 Å². The highest BCUT2D eigenvalue weighted by Crippen LogP contribution is 2.20. The van der Waals surface area contributed by atoms with Gasteiger partial charge in [-0.15, -0.1) is 0 Å². The molecule has 0 spiro atoms. The molecule has 0 radical (unpaired) electrons. The molecule has 0 atom stereocenters. The maximum atomic E-state index is 12.3. The number of nitrogens with one attached hydrogen (secondary N) is 1. The van der Waals surface area contributed by atoms with Gasteiger partial charge >= 0.3 is 0 Å². The number of methoxy groups -OCH3 is 1. The Morgan fingerprint density at radius 1 is 1.11 bits per heavy atom. The Bertz CT molecular complexity index is 595. The van der Waals surface area contributed by atoms with Crippen LogP contribution in [0.25, 0.3) is 0 Å². The van der Waals surface area contributed by atoms with E-state index in [2.05, 4.69) is 5.43 Å². The number of aromatic nitrogens is 1. The average Bonchev–Trinajstić information content (AvgIpc) is 2.70. The number of carbonyl (C=O) groups is 1. The smallest absolute Gasteiger partial charge is 0.273 e. The van der Waals surface area contributed by atoms with Gasteiger partial charge in [-0.2, -0.15) is 0 Å². The lowest BCUT2D eigenvalue weighted by Gasteiger charge is -2.13. The van der Waals surface area contributed by atoms with E-state index in [1.165, 1.54) is 0 Å². The van der Waals surface area contributed by atoms with Crippen molar-refractivity contribution >= 4 is 5.91 Å². The number of hydrogen-bond donors (Lipinski definition) is 1. The summed E-state index contributed by atoms with van der Waals surface area (Å²) in [5.74, 6) is 0.397. The van der Waals surface area contributed by atoms with Crippen LogP contribution in [0.5, 0.6) is 5.75 Å². The first-order valence-electron chi connectivity index (χ1n) is 6.14. The average molecular weight is 258 g/mol. The maximum absolute atomic E-state index is 12.3. The standard InChI is InChI=1S/C15H18N2O2/c1-10-5-8-14(19-4)13(9-10)15(18)16-17-11(2)6-7-12(17)3/h5-9H,1-4H3,(H,16,18). The molecule has 0 aliphatic heterocycles. The van der Waals surface area contributed by atoms with Crippen LogP contribution in [0.2, 0.25) is 0 Å². The van der Waals surface area contributed by atoms with Gasteiger partial charge in [0, 0.05) is 11.4 Å². The van der Waals surface area contributed by atoms with Gasteiger partial charge in [0.15, 0.2) is 0 Å². The molecule has 0 unspecified atom stereocenters. The summed E-state index contributed by atoms with van der Waals surface area (Å²) in [5.41, 5.74) is 6.40. The van der Waals surface area contributed by atoms with E-state index in [1.54, 1.807) is 17.9 Å². The summed E-state index contributed by atoms with van der Waals surface area (Å²) in [6.07, 6.45) is 0. The molecule has 0 bridgehead atoms. The van der Waals surface area contributed by atoms with Crippen molar-refractivity contribution in [2.45, 2.75) is 20.8 Å². The fourth-order valence-corrected chi connectivity index (χ4v) is 2.01. The third-order valence-electron chi connectivity index (χ3n) is 3.08. The fraction of sp³-hybridized carbons (Fsp3) is 0.267. The Morgan fingerprint density at radius 2 is 1.74 bits per heavy atom. The molecule has 1 aromatic heterocycles. The zero-order chi connectivity index (χ0) is 14.0. The van der Waals surface area contributed by atoms with Crippen molar-refractivity contribution in [3.63, 3.8) is 0 Å². The highest BCUT2D eigenvalue weighted by Gasteiger charge is 2.14. The summed E-state index contributed by atoms with van der Waals surface area (Å²) in [5, 5.41) is 0. The summed E-state index contributed by atoms with van der Waals surface area (Å²) in [4.78, 5) is 12.3. The molecule has 100 valence electrons. The zero-order valence-corrected chi connectivity index (χ0v) is 11.7. The Hall–Kier alpha value is -2.23. The number of aryl methyl sites for hydroxylation is 3. The van der Waals surface area contributed by atoms with Crippen LogP contribution in [-0.4, -0.2) is 17.7 Å². The van der Waals surface area contributed by atoms with E-state index in [1.807, 2.05) is 45.0 Å². The second-order valence-electron chi connectivity index (χ2n) is 4.60. The van der Waals surface area contributed by atoms with Crippen LogP contribution in [0.4, 0.5) is 0 Å². The van der Waals surface area contributed by atoms with E-state index < -0.39 is 0 Å². The lowest BCUT2D eigenvalue weighted by molar-refractivity contribution is 0.100. The van der Waals surface area contributed by atoms with Crippen molar-refractivity contribution < 1.29 is 9.53 Å². The molecule has 4 nitrogen and oxygen atoms in total. The predicted octanol–water partition coefficient (Wildman–Crippen LogP) is 2.81. The van der Waals surface area contributed by atoms with E-state index in [9.17, 15) is 4.79 Å². The topological polar surface area (TPSA) is 43.3 Å². The largest absolute Gasteiger partial charge is 0.496 e. The Kier molecular flexibility index (Phi) is 3.60. The van der Waals surface area contributed by atoms with Crippen molar-refractivity contribution in [3.05, 3.63) is 52.8 Å². The van der Waals surface area contributed by atoms with Gasteiger partial charge in [0.1, 0.15) is 5.75 Å². The maximum Gasteiger partial charge on any atom is 0.273 e. The first kappa shape index (κ1) is 13.2. The van der Waals surface area contributed by atoms with E-state index in [-0.39, 0.29) is 5.91 Å². The predicted molar refractivity (Wildman–Crippen MR) is 75.3 cm³/mol. The van der Waals surface area contributed by atoms with Gasteiger partial charge in [0.05, 0.1) is 12.7 Å². The van der Waals surface area contributed by atoms with Crippen molar-refractivity contribution in [2.24, 2.45) is 0 Å². The Morgan fingerprint density at radius 3 is 2.32 bits per heavy atom. The summed E-state index contributed by atoms with van der Waals surface area (Å²) < 4.78 is 7.00. The van der Waals surface area contributed by atoms with Crippen molar-refractivity contribution in [2.75, 3.05) is 12.5 Å². The van der Waals surface area contributed by atoms with E-state index in [0.29, 0.717) is 11.3 Å². The summed E-state index contributed by atoms with van der Waals surface area (Å²) in [6.45, 7) is 5.84. The first-order valence-corrected chi connectivity index (χ1v) is 6.14. The van der Waals surface area contributed by atoms with Crippen LogP contribution >= 0.6 is 0 Å². The van der Waals surface area contributed by atoms with Gasteiger partial charge in [-0.05, 0) is 45.0 Å². The highest BCUT2D eigenvalue weighted by atomic mass is 16.5. The third-order valence-corrected chi connectivity index (χ3v) is 3.08. The summed E-state index contributed by atoms with van der Waals surface area (Å²) in [6, 6.07) is 9.47. The number of amides is 1. The first-order chi connectivity index (χ1) is 9.02. The van der Waals surface area contributed by atoms with Gasteiger partial charge in [-0.1, -0.05) is 11.6 Å². The molecule has 1 aromatic carbocycles. The van der Waals surface area contributed by atoms with Crippen LogP contribution in [0.15, 0.2) is 30.3 Å². The molecule has 1 heterocycles. The van der Waals surface area contributed by atoms with Crippen LogP contribution in [0, 0.1) is 20.8 Å². The van der Waals surface area contributed by atoms with Crippen molar-refractivity contribution in [3.8, 4) is 5.75 Å². The molecule has 2 aromatic rings. The molecule has 19 heavy (non-hydrogen) atoms. The molecular formula is C15H18N2O2. The van der Waals surface area contributed by atoms with E-state index in [0.717, 1.165) is 17.0 Å². The summed E-state index contributed by atoms with van der Waals surface area (Å²) in [7, 11) is 1.56. The second-order valence-corrected chi connectivity index (χ2v) is 4.60. The number of rotatable bonds is 3.